The first-order valence-electron chi connectivity index (χ1n) is 14.8. The van der Waals surface area contributed by atoms with Gasteiger partial charge in [0.2, 0.25) is 17.7 Å². The average molecular weight is 552 g/mol. The zero-order valence-corrected chi connectivity index (χ0v) is 24.0. The van der Waals surface area contributed by atoms with E-state index < -0.39 is 29.6 Å². The van der Waals surface area contributed by atoms with Gasteiger partial charge in [0.1, 0.15) is 11.6 Å². The summed E-state index contributed by atoms with van der Waals surface area (Å²) in [5, 5.41) is 6.42. The molecule has 210 valence electrons. The van der Waals surface area contributed by atoms with Gasteiger partial charge in [-0.05, 0) is 55.6 Å². The third kappa shape index (κ3) is 4.51. The number of nitrogens with one attached hydrogen (secondary N) is 2. The molecular formula is C31H41N3O4S. The molecule has 4 fully saturated rings. The molecule has 7 nitrogen and oxygen atoms in total. The molecule has 5 aliphatic rings. The largest absolute Gasteiger partial charge is 0.359 e. The van der Waals surface area contributed by atoms with E-state index in [0.29, 0.717) is 17.5 Å². The molecule has 3 aliphatic heterocycles. The van der Waals surface area contributed by atoms with Crippen LogP contribution in [0.3, 0.4) is 0 Å². The average Bonchev–Trinajstić information content (AvgIpc) is 3.59. The van der Waals surface area contributed by atoms with E-state index in [2.05, 4.69) is 24.5 Å². The van der Waals surface area contributed by atoms with Gasteiger partial charge >= 0.3 is 0 Å². The second kappa shape index (κ2) is 10.6. The summed E-state index contributed by atoms with van der Waals surface area (Å²) >= 11 is 1.61. The minimum Gasteiger partial charge on any atom is -0.359 e. The molecular weight excluding hydrogens is 510 g/mol. The van der Waals surface area contributed by atoms with Gasteiger partial charge in [-0.2, -0.15) is 0 Å². The number of anilines is 1. The topological polar surface area (TPSA) is 87.7 Å². The van der Waals surface area contributed by atoms with E-state index in [4.69, 9.17) is 4.74 Å². The van der Waals surface area contributed by atoms with Gasteiger partial charge in [-0.1, -0.05) is 64.2 Å². The second-order valence-electron chi connectivity index (χ2n) is 12.3. The standard InChI is InChI=1S/C31H41N3O4S/c1-18-9-7-14-23(19(18)2)33-29(36)27-31-16-15-24(38-31)25(28(35)32-20-10-8-13-22(17-20)39-3)26(31)30(37)34(27)21-11-5-4-6-12-21/h8,10,13,15-19,21,23-27H,4-7,9,11-12,14H2,1-3H3,(H,32,35)(H,33,36). The van der Waals surface area contributed by atoms with Crippen molar-refractivity contribution in [3.63, 3.8) is 0 Å². The fourth-order valence-corrected chi connectivity index (χ4v) is 8.39. The van der Waals surface area contributed by atoms with E-state index in [9.17, 15) is 14.4 Å². The second-order valence-corrected chi connectivity index (χ2v) is 13.2. The highest BCUT2D eigenvalue weighted by molar-refractivity contribution is 7.98. The maximum absolute atomic E-state index is 14.3. The van der Waals surface area contributed by atoms with Crippen molar-refractivity contribution in [3.05, 3.63) is 36.4 Å². The number of benzene rings is 1. The quantitative estimate of drug-likeness (QED) is 0.393. The summed E-state index contributed by atoms with van der Waals surface area (Å²) in [5.74, 6) is -0.885. The molecule has 3 heterocycles. The number of thioether (sulfide) groups is 1. The molecule has 0 radical (unpaired) electrons. The zero-order valence-electron chi connectivity index (χ0n) is 23.2. The van der Waals surface area contributed by atoms with Crippen molar-refractivity contribution in [1.82, 2.24) is 10.2 Å². The van der Waals surface area contributed by atoms with E-state index in [1.54, 1.807) is 11.8 Å². The van der Waals surface area contributed by atoms with Crippen LogP contribution in [0.2, 0.25) is 0 Å². The van der Waals surface area contributed by atoms with Crippen molar-refractivity contribution in [2.24, 2.45) is 23.7 Å². The molecule has 39 heavy (non-hydrogen) atoms. The van der Waals surface area contributed by atoms with Gasteiger partial charge < -0.3 is 20.3 Å². The van der Waals surface area contributed by atoms with Crippen molar-refractivity contribution >= 4 is 35.2 Å². The fraction of sp³-hybridized carbons (Fsp3) is 0.645. The van der Waals surface area contributed by atoms with Crippen molar-refractivity contribution in [3.8, 4) is 0 Å². The lowest BCUT2D eigenvalue weighted by atomic mass is 9.73. The maximum atomic E-state index is 14.3. The Morgan fingerprint density at radius 3 is 2.62 bits per heavy atom. The van der Waals surface area contributed by atoms with Crippen LogP contribution in [-0.4, -0.2) is 58.7 Å². The molecule has 0 aromatic heterocycles. The normalized spacial score (nSPS) is 37.7. The summed E-state index contributed by atoms with van der Waals surface area (Å²) < 4.78 is 6.56. The molecule has 1 aromatic carbocycles. The lowest BCUT2D eigenvalue weighted by Gasteiger charge is -2.40. The summed E-state index contributed by atoms with van der Waals surface area (Å²) in [4.78, 5) is 45.2. The first-order valence-corrected chi connectivity index (χ1v) is 16.0. The van der Waals surface area contributed by atoms with Gasteiger partial charge in [0.15, 0.2) is 0 Å². The van der Waals surface area contributed by atoms with Gasteiger partial charge in [0.05, 0.1) is 17.9 Å². The maximum Gasteiger partial charge on any atom is 0.246 e. The molecule has 8 unspecified atom stereocenters. The van der Waals surface area contributed by atoms with Crippen molar-refractivity contribution in [1.29, 1.82) is 0 Å². The molecule has 1 aromatic rings. The van der Waals surface area contributed by atoms with Gasteiger partial charge in [-0.15, -0.1) is 11.8 Å². The highest BCUT2D eigenvalue weighted by Gasteiger charge is 2.73. The summed E-state index contributed by atoms with van der Waals surface area (Å²) in [5.41, 5.74) is -0.396. The Hall–Kier alpha value is -2.32. The van der Waals surface area contributed by atoms with E-state index in [-0.39, 0.29) is 29.8 Å². The summed E-state index contributed by atoms with van der Waals surface area (Å²) in [7, 11) is 0. The molecule has 8 heteroatoms. The van der Waals surface area contributed by atoms with Crippen LogP contribution in [0, 0.1) is 23.7 Å². The van der Waals surface area contributed by atoms with Gasteiger partial charge in [-0.25, -0.2) is 0 Å². The number of hydrogen-bond donors (Lipinski definition) is 2. The number of ether oxygens (including phenoxy) is 1. The number of nitrogens with zero attached hydrogens (tertiary/aromatic N) is 1. The Labute approximate surface area is 235 Å². The van der Waals surface area contributed by atoms with Gasteiger partial charge in [0, 0.05) is 22.7 Å². The third-order valence-electron chi connectivity index (χ3n) is 10.2. The first-order chi connectivity index (χ1) is 18.8. The van der Waals surface area contributed by atoms with Crippen molar-refractivity contribution < 1.29 is 19.1 Å². The number of hydrogen-bond acceptors (Lipinski definition) is 5. The molecule has 2 bridgehead atoms. The summed E-state index contributed by atoms with van der Waals surface area (Å²) in [6.07, 6.45) is 13.6. The van der Waals surface area contributed by atoms with E-state index in [1.165, 1.54) is 6.42 Å². The van der Waals surface area contributed by atoms with Crippen LogP contribution in [0.1, 0.15) is 65.2 Å². The molecule has 6 rings (SSSR count). The van der Waals surface area contributed by atoms with Crippen LogP contribution in [0.25, 0.3) is 0 Å². The van der Waals surface area contributed by atoms with Gasteiger partial charge in [0.25, 0.3) is 0 Å². The lowest BCUT2D eigenvalue weighted by molar-refractivity contribution is -0.145. The highest BCUT2D eigenvalue weighted by atomic mass is 32.2. The molecule has 1 spiro atoms. The van der Waals surface area contributed by atoms with Gasteiger partial charge in [-0.3, -0.25) is 14.4 Å². The highest BCUT2D eigenvalue weighted by Crippen LogP contribution is 2.56. The van der Waals surface area contributed by atoms with Crippen LogP contribution >= 0.6 is 11.8 Å². The Morgan fingerprint density at radius 2 is 1.85 bits per heavy atom. The fourth-order valence-electron chi connectivity index (χ4n) is 7.93. The third-order valence-corrected chi connectivity index (χ3v) is 10.9. The smallest absolute Gasteiger partial charge is 0.246 e. The van der Waals surface area contributed by atoms with E-state index in [1.807, 2.05) is 47.6 Å². The Morgan fingerprint density at radius 1 is 1.05 bits per heavy atom. The van der Waals surface area contributed by atoms with Crippen LogP contribution in [0.4, 0.5) is 5.69 Å². The number of carbonyl (C=O) groups is 3. The Kier molecular flexibility index (Phi) is 7.29. The number of carbonyl (C=O) groups excluding carboxylic acids is 3. The van der Waals surface area contributed by atoms with Crippen molar-refractivity contribution in [2.45, 2.75) is 99.9 Å². The van der Waals surface area contributed by atoms with Crippen LogP contribution in [0.15, 0.2) is 41.3 Å². The minimum atomic E-state index is -1.10. The number of amides is 3. The summed E-state index contributed by atoms with van der Waals surface area (Å²) in [6, 6.07) is 7.06. The number of fused-ring (bicyclic) bond motifs is 1. The molecule has 2 N–H and O–H groups in total. The minimum absolute atomic E-state index is 0.00250. The predicted octanol–water partition coefficient (Wildman–Crippen LogP) is 4.77. The van der Waals surface area contributed by atoms with Crippen LogP contribution in [-0.2, 0) is 19.1 Å². The lowest BCUT2D eigenvalue weighted by Crippen LogP contribution is -2.59. The molecule has 2 aliphatic carbocycles. The molecule has 3 amide bonds. The van der Waals surface area contributed by atoms with Crippen LogP contribution < -0.4 is 10.6 Å². The monoisotopic (exact) mass is 551 g/mol. The van der Waals surface area contributed by atoms with Crippen molar-refractivity contribution in [2.75, 3.05) is 11.6 Å². The Bertz CT molecular complexity index is 1170. The number of rotatable bonds is 6. The molecule has 8 atom stereocenters. The Balaban J connectivity index is 1.31. The first kappa shape index (κ1) is 26.9. The number of likely N-dealkylation sites (tertiary alicyclic amines) is 1. The van der Waals surface area contributed by atoms with Crippen LogP contribution in [0.5, 0.6) is 0 Å². The SMILES string of the molecule is CSc1cccc(NC(=O)C2C3C=CC4(O3)C2C(=O)N(C2CCCCC2)C4C(=O)NC2CCCC(C)C2C)c1. The zero-order chi connectivity index (χ0) is 27.3. The summed E-state index contributed by atoms with van der Waals surface area (Å²) in [6.45, 7) is 4.48. The van der Waals surface area contributed by atoms with E-state index >= 15 is 0 Å². The van der Waals surface area contributed by atoms with E-state index in [0.717, 1.165) is 49.8 Å². The molecule has 2 saturated carbocycles. The predicted molar refractivity (Wildman–Crippen MR) is 152 cm³/mol. The molecule has 2 saturated heterocycles.